The van der Waals surface area contributed by atoms with Crippen LogP contribution in [0.4, 0.5) is 10.3 Å². The van der Waals surface area contributed by atoms with Gasteiger partial charge in [-0.05, 0) is 36.2 Å². The van der Waals surface area contributed by atoms with Crippen molar-refractivity contribution in [3.8, 4) is 5.75 Å². The lowest BCUT2D eigenvalue weighted by molar-refractivity contribution is 0.419. The Balaban J connectivity index is 1.70. The van der Waals surface area contributed by atoms with E-state index in [1.165, 1.54) is 10.3 Å². The number of nitrogens with one attached hydrogen (secondary N) is 1. The van der Waals surface area contributed by atoms with Crippen molar-refractivity contribution in [2.45, 2.75) is 13.3 Å². The van der Waals surface area contributed by atoms with Gasteiger partial charge in [0.2, 0.25) is 0 Å². The van der Waals surface area contributed by atoms with Gasteiger partial charge in [0.1, 0.15) is 11.3 Å². The molecule has 0 fully saturated rings. The lowest BCUT2D eigenvalue weighted by atomic mass is 10.2. The summed E-state index contributed by atoms with van der Waals surface area (Å²) in [5, 5.41) is 5.03. The number of aryl methyl sites for hydroxylation is 1. The molecule has 4 nitrogen and oxygen atoms in total. The van der Waals surface area contributed by atoms with E-state index in [9.17, 15) is 0 Å². The van der Waals surface area contributed by atoms with Gasteiger partial charge >= 0.3 is 0 Å². The van der Waals surface area contributed by atoms with Crippen LogP contribution in [0.5, 0.6) is 5.75 Å². The monoisotopic (exact) mass is 341 g/mol. The van der Waals surface area contributed by atoms with Crippen molar-refractivity contribution in [1.29, 1.82) is 0 Å². The molecule has 2 aromatic heterocycles. The first kappa shape index (κ1) is 14.4. The minimum atomic E-state index is 0.795. The number of aromatic nitrogens is 2. The van der Waals surface area contributed by atoms with Crippen molar-refractivity contribution >= 4 is 53.4 Å². The molecule has 0 atom stereocenters. The fourth-order valence-electron chi connectivity index (χ4n) is 2.48. The Morgan fingerprint density at radius 1 is 1.04 bits per heavy atom. The number of benzene rings is 2. The maximum Gasteiger partial charge on any atom is 0.190 e. The zero-order chi connectivity index (χ0) is 15.8. The summed E-state index contributed by atoms with van der Waals surface area (Å²) in [6.45, 7) is 2.16. The number of hydrogen-bond donors (Lipinski definition) is 1. The lowest BCUT2D eigenvalue weighted by Crippen LogP contribution is -1.88. The Bertz CT molecular complexity index is 990. The summed E-state index contributed by atoms with van der Waals surface area (Å²) in [7, 11) is 1.67. The van der Waals surface area contributed by atoms with Gasteiger partial charge in [-0.3, -0.25) is 0 Å². The van der Waals surface area contributed by atoms with Crippen LogP contribution in [0.1, 0.15) is 12.5 Å². The highest BCUT2D eigenvalue weighted by Crippen LogP contribution is 2.35. The van der Waals surface area contributed by atoms with Crippen molar-refractivity contribution in [3.05, 3.63) is 42.0 Å². The van der Waals surface area contributed by atoms with Crippen LogP contribution in [0, 0.1) is 0 Å². The molecule has 2 aromatic carbocycles. The smallest absolute Gasteiger partial charge is 0.190 e. The Hall–Kier alpha value is -2.18. The van der Waals surface area contributed by atoms with Crippen LogP contribution in [0.3, 0.4) is 0 Å². The third kappa shape index (κ3) is 2.64. The van der Waals surface area contributed by atoms with E-state index in [0.717, 1.165) is 38.2 Å². The Morgan fingerprint density at radius 2 is 1.87 bits per heavy atom. The molecule has 0 radical (unpaired) electrons. The summed E-state index contributed by atoms with van der Waals surface area (Å²) >= 11 is 3.26. The maximum absolute atomic E-state index is 5.37. The molecule has 0 saturated carbocycles. The highest BCUT2D eigenvalue weighted by molar-refractivity contribution is 7.24. The molecule has 0 unspecified atom stereocenters. The van der Waals surface area contributed by atoms with Crippen molar-refractivity contribution < 1.29 is 4.74 Å². The zero-order valence-corrected chi connectivity index (χ0v) is 14.4. The van der Waals surface area contributed by atoms with Crippen LogP contribution in [-0.2, 0) is 6.42 Å². The minimum Gasteiger partial charge on any atom is -0.494 e. The first-order chi connectivity index (χ1) is 11.3. The molecular formula is C17H15N3OS2. The Labute approximate surface area is 141 Å². The van der Waals surface area contributed by atoms with Crippen LogP contribution >= 0.6 is 22.7 Å². The fraction of sp³-hybridized carbons (Fsp3) is 0.176. The lowest BCUT2D eigenvalue weighted by Gasteiger charge is -1.98. The van der Waals surface area contributed by atoms with Gasteiger partial charge in [-0.25, -0.2) is 9.97 Å². The quantitative estimate of drug-likeness (QED) is 0.553. The highest BCUT2D eigenvalue weighted by Gasteiger charge is 2.11. The molecule has 116 valence electrons. The van der Waals surface area contributed by atoms with Crippen molar-refractivity contribution in [1.82, 2.24) is 9.97 Å². The van der Waals surface area contributed by atoms with Crippen LogP contribution in [0.25, 0.3) is 20.4 Å². The van der Waals surface area contributed by atoms with Gasteiger partial charge in [-0.15, -0.1) is 0 Å². The summed E-state index contributed by atoms with van der Waals surface area (Å²) in [5.74, 6) is 0.795. The SMILES string of the molecule is CCc1ccc2nc(Nc3nc4c(OC)cccc4s3)sc2c1. The molecule has 4 rings (SSSR count). The molecule has 0 bridgehead atoms. The van der Waals surface area contributed by atoms with Crippen LogP contribution in [-0.4, -0.2) is 17.1 Å². The Morgan fingerprint density at radius 3 is 2.70 bits per heavy atom. The summed E-state index contributed by atoms with van der Waals surface area (Å²) in [6, 6.07) is 12.4. The first-order valence-electron chi connectivity index (χ1n) is 7.37. The van der Waals surface area contributed by atoms with Crippen LogP contribution in [0.15, 0.2) is 36.4 Å². The number of nitrogens with zero attached hydrogens (tertiary/aromatic N) is 2. The normalized spacial score (nSPS) is 11.2. The molecule has 23 heavy (non-hydrogen) atoms. The van der Waals surface area contributed by atoms with Crippen molar-refractivity contribution in [3.63, 3.8) is 0 Å². The third-order valence-electron chi connectivity index (χ3n) is 3.68. The largest absolute Gasteiger partial charge is 0.494 e. The van der Waals surface area contributed by atoms with E-state index in [1.807, 2.05) is 18.2 Å². The molecule has 0 aliphatic carbocycles. The fourth-order valence-corrected chi connectivity index (χ4v) is 4.35. The number of rotatable bonds is 4. The number of ether oxygens (including phenoxy) is 1. The molecule has 0 aliphatic heterocycles. The van der Waals surface area contributed by atoms with Crippen molar-refractivity contribution in [2.24, 2.45) is 0 Å². The second kappa shape index (κ2) is 5.79. The van der Waals surface area contributed by atoms with Crippen molar-refractivity contribution in [2.75, 3.05) is 12.4 Å². The summed E-state index contributed by atoms with van der Waals surface area (Å²) in [5.41, 5.74) is 3.24. The van der Waals surface area contributed by atoms with E-state index < -0.39 is 0 Å². The van der Waals surface area contributed by atoms with Gasteiger partial charge in [0.15, 0.2) is 10.3 Å². The number of methoxy groups -OCH3 is 1. The van der Waals surface area contributed by atoms with Crippen LogP contribution in [0.2, 0.25) is 0 Å². The summed E-state index contributed by atoms with van der Waals surface area (Å²) in [6.07, 6.45) is 1.04. The number of thiazole rings is 2. The van der Waals surface area contributed by atoms with E-state index in [4.69, 9.17) is 4.74 Å². The van der Waals surface area contributed by atoms with E-state index in [0.29, 0.717) is 0 Å². The standard InChI is InChI=1S/C17H15N3OS2/c1-3-10-7-8-11-14(9-10)23-16(18-11)20-17-19-15-12(21-2)5-4-6-13(15)22-17/h4-9H,3H2,1-2H3,(H,18,19,20). The van der Waals surface area contributed by atoms with Crippen LogP contribution < -0.4 is 10.1 Å². The van der Waals surface area contributed by atoms with Gasteiger partial charge in [0.25, 0.3) is 0 Å². The number of hydrogen-bond acceptors (Lipinski definition) is 6. The zero-order valence-electron chi connectivity index (χ0n) is 12.8. The molecule has 0 aliphatic rings. The van der Waals surface area contributed by atoms with Gasteiger partial charge in [-0.2, -0.15) is 0 Å². The van der Waals surface area contributed by atoms with Gasteiger partial charge in [0, 0.05) is 0 Å². The Kier molecular flexibility index (Phi) is 3.63. The van der Waals surface area contributed by atoms with Gasteiger partial charge in [-0.1, -0.05) is 41.7 Å². The molecule has 0 amide bonds. The van der Waals surface area contributed by atoms with Gasteiger partial charge < -0.3 is 10.1 Å². The molecule has 2 heterocycles. The van der Waals surface area contributed by atoms with E-state index >= 15 is 0 Å². The average Bonchev–Trinajstić information content (AvgIpc) is 3.16. The third-order valence-corrected chi connectivity index (χ3v) is 5.55. The topological polar surface area (TPSA) is 47.0 Å². The number of fused-ring (bicyclic) bond motifs is 2. The molecule has 1 N–H and O–H groups in total. The van der Waals surface area contributed by atoms with E-state index in [2.05, 4.69) is 40.4 Å². The summed E-state index contributed by atoms with van der Waals surface area (Å²) < 4.78 is 7.67. The van der Waals surface area contributed by atoms with Gasteiger partial charge in [0.05, 0.1) is 22.0 Å². The highest BCUT2D eigenvalue weighted by atomic mass is 32.1. The summed E-state index contributed by atoms with van der Waals surface area (Å²) in [4.78, 5) is 9.27. The van der Waals surface area contributed by atoms with E-state index in [-0.39, 0.29) is 0 Å². The predicted molar refractivity (Wildman–Crippen MR) is 98.5 cm³/mol. The molecule has 4 aromatic rings. The second-order valence-corrected chi connectivity index (χ2v) is 7.19. The molecule has 0 spiro atoms. The number of anilines is 2. The first-order valence-corrected chi connectivity index (χ1v) is 9.00. The number of para-hydroxylation sites is 1. The molecular weight excluding hydrogens is 326 g/mol. The second-order valence-electron chi connectivity index (χ2n) is 5.13. The van der Waals surface area contributed by atoms with E-state index in [1.54, 1.807) is 29.8 Å². The molecule has 6 heteroatoms. The predicted octanol–water partition coefficient (Wildman–Crippen LogP) is 5.22. The minimum absolute atomic E-state index is 0.795. The average molecular weight is 341 g/mol. The maximum atomic E-state index is 5.37. The molecule has 0 saturated heterocycles.